The molecule has 0 fully saturated rings. The van der Waals surface area contributed by atoms with Gasteiger partial charge in [-0.15, -0.1) is 0 Å². The van der Waals surface area contributed by atoms with Crippen LogP contribution in [0.5, 0.6) is 0 Å². The Kier molecular flexibility index (Phi) is 3.40. The predicted octanol–water partition coefficient (Wildman–Crippen LogP) is 1.23. The molecule has 0 spiro atoms. The van der Waals surface area contributed by atoms with Gasteiger partial charge in [0.15, 0.2) is 5.25 Å². The number of nitrogens with two attached hydrogens (primary N) is 1. The molecule has 5 nitrogen and oxygen atoms in total. The van der Waals surface area contributed by atoms with E-state index < -0.39 is 15.3 Å². The molecule has 0 bridgehead atoms. The van der Waals surface area contributed by atoms with Gasteiger partial charge in [-0.3, -0.25) is 4.72 Å². The van der Waals surface area contributed by atoms with Gasteiger partial charge in [0, 0.05) is 5.69 Å². The summed E-state index contributed by atoms with van der Waals surface area (Å²) in [6.07, 6.45) is 0. The summed E-state index contributed by atoms with van der Waals surface area (Å²) in [7, 11) is -3.67. The fraction of sp³-hybridized carbons (Fsp3) is 0.300. The average Bonchev–Trinajstić information content (AvgIpc) is 2.22. The molecule has 6 heteroatoms. The molecule has 0 amide bonds. The van der Waals surface area contributed by atoms with Gasteiger partial charge in [0.2, 0.25) is 10.0 Å². The summed E-state index contributed by atoms with van der Waals surface area (Å²) in [5.74, 6) is 0. The molecule has 86 valence electrons. The van der Waals surface area contributed by atoms with Gasteiger partial charge in [0.1, 0.15) is 0 Å². The second-order valence-corrected chi connectivity index (χ2v) is 5.49. The molecule has 1 aromatic carbocycles. The lowest BCUT2D eigenvalue weighted by Gasteiger charge is -2.12. The number of aryl methyl sites for hydroxylation is 1. The first-order chi connectivity index (χ1) is 7.36. The van der Waals surface area contributed by atoms with Gasteiger partial charge < -0.3 is 5.73 Å². The summed E-state index contributed by atoms with van der Waals surface area (Å²) in [6.45, 7) is 3.08. The van der Waals surface area contributed by atoms with Crippen LogP contribution in [0.4, 0.5) is 11.4 Å². The monoisotopic (exact) mass is 239 g/mol. The number of nitrogens with one attached hydrogen (secondary N) is 1. The topological polar surface area (TPSA) is 96.0 Å². The van der Waals surface area contributed by atoms with E-state index in [0.717, 1.165) is 5.56 Å². The zero-order valence-electron chi connectivity index (χ0n) is 9.06. The lowest BCUT2D eigenvalue weighted by Crippen LogP contribution is -2.24. The van der Waals surface area contributed by atoms with Crippen LogP contribution in [-0.2, 0) is 10.0 Å². The van der Waals surface area contributed by atoms with E-state index in [9.17, 15) is 8.42 Å². The van der Waals surface area contributed by atoms with Crippen LogP contribution in [0.3, 0.4) is 0 Å². The van der Waals surface area contributed by atoms with Gasteiger partial charge >= 0.3 is 0 Å². The molecule has 1 unspecified atom stereocenters. The van der Waals surface area contributed by atoms with Crippen molar-refractivity contribution in [3.63, 3.8) is 0 Å². The summed E-state index contributed by atoms with van der Waals surface area (Å²) in [5.41, 5.74) is 7.18. The van der Waals surface area contributed by atoms with E-state index in [1.807, 2.05) is 0 Å². The summed E-state index contributed by atoms with van der Waals surface area (Å²) in [5, 5.41) is 7.48. The standard InChI is InChI=1S/C10H13N3O2S/c1-7-3-4-9(12)5-10(7)13-16(14,15)8(2)6-11/h3-5,8,13H,12H2,1-2H3. The van der Waals surface area contributed by atoms with Crippen molar-refractivity contribution in [2.24, 2.45) is 0 Å². The van der Waals surface area contributed by atoms with Crippen LogP contribution in [-0.4, -0.2) is 13.7 Å². The van der Waals surface area contributed by atoms with Gasteiger partial charge in [-0.2, -0.15) is 5.26 Å². The average molecular weight is 239 g/mol. The SMILES string of the molecule is Cc1ccc(N)cc1NS(=O)(=O)C(C)C#N. The number of nitriles is 1. The molecule has 0 heterocycles. The predicted molar refractivity (Wildman–Crippen MR) is 63.2 cm³/mol. The highest BCUT2D eigenvalue weighted by atomic mass is 32.2. The molecule has 0 aliphatic heterocycles. The minimum absolute atomic E-state index is 0.405. The Morgan fingerprint density at radius 1 is 1.50 bits per heavy atom. The molecular weight excluding hydrogens is 226 g/mol. The second-order valence-electron chi connectivity index (χ2n) is 3.49. The van der Waals surface area contributed by atoms with Gasteiger partial charge in [0.05, 0.1) is 11.8 Å². The number of nitrogens with zero attached hydrogens (tertiary/aromatic N) is 1. The highest BCUT2D eigenvalue weighted by Gasteiger charge is 2.20. The van der Waals surface area contributed by atoms with Crippen LogP contribution in [0.25, 0.3) is 0 Å². The Bertz CT molecular complexity index is 531. The molecular formula is C10H13N3O2S. The van der Waals surface area contributed by atoms with E-state index in [0.29, 0.717) is 11.4 Å². The maximum Gasteiger partial charge on any atom is 0.248 e. The summed E-state index contributed by atoms with van der Waals surface area (Å²) >= 11 is 0. The van der Waals surface area contributed by atoms with Gasteiger partial charge in [-0.25, -0.2) is 8.42 Å². The first-order valence-electron chi connectivity index (χ1n) is 4.64. The molecule has 1 atom stereocenters. The largest absolute Gasteiger partial charge is 0.399 e. The van der Waals surface area contributed by atoms with E-state index in [-0.39, 0.29) is 0 Å². The lowest BCUT2D eigenvalue weighted by molar-refractivity contribution is 0.597. The summed E-state index contributed by atoms with van der Waals surface area (Å²) in [6, 6.07) is 6.60. The minimum Gasteiger partial charge on any atom is -0.399 e. The number of hydrogen-bond donors (Lipinski definition) is 2. The van der Waals surface area contributed by atoms with Crippen LogP contribution in [0, 0.1) is 18.3 Å². The smallest absolute Gasteiger partial charge is 0.248 e. The maximum absolute atomic E-state index is 11.6. The normalized spacial score (nSPS) is 12.8. The van der Waals surface area contributed by atoms with Crippen LogP contribution in [0.15, 0.2) is 18.2 Å². The molecule has 0 aliphatic rings. The Balaban J connectivity index is 3.07. The molecule has 0 aliphatic carbocycles. The Labute approximate surface area is 94.9 Å². The van der Waals surface area contributed by atoms with Crippen LogP contribution < -0.4 is 10.5 Å². The third kappa shape index (κ3) is 2.64. The quantitative estimate of drug-likeness (QED) is 0.775. The number of rotatable bonds is 3. The van der Waals surface area contributed by atoms with E-state index in [1.165, 1.54) is 13.0 Å². The number of nitrogen functional groups attached to an aromatic ring is 1. The van der Waals surface area contributed by atoms with E-state index in [4.69, 9.17) is 11.0 Å². The third-order valence-corrected chi connectivity index (χ3v) is 3.70. The molecule has 16 heavy (non-hydrogen) atoms. The van der Waals surface area contributed by atoms with Crippen molar-refractivity contribution < 1.29 is 8.42 Å². The molecule has 0 radical (unpaired) electrons. The fourth-order valence-electron chi connectivity index (χ4n) is 1.06. The number of hydrogen-bond acceptors (Lipinski definition) is 4. The fourth-order valence-corrected chi connectivity index (χ4v) is 1.90. The van der Waals surface area contributed by atoms with Crippen molar-refractivity contribution >= 4 is 21.4 Å². The molecule has 1 aromatic rings. The van der Waals surface area contributed by atoms with E-state index in [1.54, 1.807) is 25.1 Å². The van der Waals surface area contributed by atoms with Gasteiger partial charge in [0.25, 0.3) is 0 Å². The van der Waals surface area contributed by atoms with Gasteiger partial charge in [-0.05, 0) is 31.5 Å². The van der Waals surface area contributed by atoms with Crippen molar-refractivity contribution in [3.05, 3.63) is 23.8 Å². The second kappa shape index (κ2) is 4.41. The van der Waals surface area contributed by atoms with Crippen LogP contribution >= 0.6 is 0 Å². The lowest BCUT2D eigenvalue weighted by atomic mass is 10.2. The first kappa shape index (κ1) is 12.3. The number of anilines is 2. The zero-order valence-corrected chi connectivity index (χ0v) is 9.88. The first-order valence-corrected chi connectivity index (χ1v) is 6.19. The molecule has 3 N–H and O–H groups in total. The zero-order chi connectivity index (χ0) is 12.3. The van der Waals surface area contributed by atoms with Crippen LogP contribution in [0.2, 0.25) is 0 Å². The van der Waals surface area contributed by atoms with E-state index >= 15 is 0 Å². The van der Waals surface area contributed by atoms with Crippen molar-refractivity contribution in [1.82, 2.24) is 0 Å². The molecule has 0 saturated carbocycles. The highest BCUT2D eigenvalue weighted by molar-refractivity contribution is 7.93. The third-order valence-electron chi connectivity index (χ3n) is 2.16. The Morgan fingerprint density at radius 3 is 2.69 bits per heavy atom. The Hall–Kier alpha value is -1.74. The molecule has 0 aromatic heterocycles. The molecule has 1 rings (SSSR count). The van der Waals surface area contributed by atoms with Crippen molar-refractivity contribution in [1.29, 1.82) is 5.26 Å². The maximum atomic E-state index is 11.6. The van der Waals surface area contributed by atoms with Crippen molar-refractivity contribution in [3.8, 4) is 6.07 Å². The van der Waals surface area contributed by atoms with Gasteiger partial charge in [-0.1, -0.05) is 6.07 Å². The van der Waals surface area contributed by atoms with Crippen molar-refractivity contribution in [2.75, 3.05) is 10.5 Å². The van der Waals surface area contributed by atoms with Crippen LogP contribution in [0.1, 0.15) is 12.5 Å². The highest BCUT2D eigenvalue weighted by Crippen LogP contribution is 2.20. The number of sulfonamides is 1. The minimum atomic E-state index is -3.67. The number of benzene rings is 1. The van der Waals surface area contributed by atoms with E-state index in [2.05, 4.69) is 4.72 Å². The molecule has 0 saturated heterocycles. The summed E-state index contributed by atoms with van der Waals surface area (Å²) < 4.78 is 25.6. The Morgan fingerprint density at radius 2 is 2.12 bits per heavy atom. The van der Waals surface area contributed by atoms with Crippen molar-refractivity contribution in [2.45, 2.75) is 19.1 Å². The summed E-state index contributed by atoms with van der Waals surface area (Å²) in [4.78, 5) is 0.